The van der Waals surface area contributed by atoms with Gasteiger partial charge in [-0.2, -0.15) is 0 Å². The molecule has 0 bridgehead atoms. The molecule has 12 heavy (non-hydrogen) atoms. The van der Waals surface area contributed by atoms with Crippen LogP contribution in [0.2, 0.25) is 0 Å². The number of rotatable bonds is 3. The van der Waals surface area contributed by atoms with E-state index in [1.54, 1.807) is 0 Å². The fraction of sp³-hybridized carbons (Fsp3) is 0.333. The van der Waals surface area contributed by atoms with Crippen molar-refractivity contribution in [1.29, 1.82) is 0 Å². The van der Waals surface area contributed by atoms with Gasteiger partial charge in [0, 0.05) is 0 Å². The summed E-state index contributed by atoms with van der Waals surface area (Å²) in [6, 6.07) is 0. The van der Waals surface area contributed by atoms with Gasteiger partial charge in [0.15, 0.2) is 0 Å². The minimum absolute atomic E-state index is 1.27. The smallest absolute Gasteiger partial charge is 0.0398 e. The lowest BCUT2D eigenvalue weighted by Gasteiger charge is -1.86. The van der Waals surface area contributed by atoms with Crippen molar-refractivity contribution in [1.82, 2.24) is 0 Å². The molecule has 0 heterocycles. The minimum Gasteiger partial charge on any atom is -0.0877 e. The Morgan fingerprint density at radius 2 is 1.58 bits per heavy atom. The van der Waals surface area contributed by atoms with E-state index in [0.29, 0.717) is 0 Å². The van der Waals surface area contributed by atoms with Gasteiger partial charge in [-0.15, -0.1) is 0 Å². The average molecular weight is 162 g/mol. The molecule has 0 spiro atoms. The Kier molecular flexibility index (Phi) is 6.08. The molecule has 0 atom stereocenters. The molecule has 0 aliphatic carbocycles. The molecule has 0 aromatic heterocycles. The minimum atomic E-state index is 1.27. The van der Waals surface area contributed by atoms with E-state index < -0.39 is 0 Å². The summed E-state index contributed by atoms with van der Waals surface area (Å²) in [7, 11) is 0. The summed E-state index contributed by atoms with van der Waals surface area (Å²) in [4.78, 5) is 0. The van der Waals surface area contributed by atoms with Gasteiger partial charge < -0.3 is 0 Å². The Hall–Kier alpha value is -1.04. The number of allylic oxidation sites excluding steroid dienone is 8. The van der Waals surface area contributed by atoms with Gasteiger partial charge in [-0.25, -0.2) is 0 Å². The Morgan fingerprint density at radius 1 is 0.917 bits per heavy atom. The van der Waals surface area contributed by atoms with E-state index >= 15 is 0 Å². The summed E-state index contributed by atoms with van der Waals surface area (Å²) in [5.74, 6) is 0. The topological polar surface area (TPSA) is 0 Å². The molecule has 0 aromatic rings. The SMILES string of the molecule is C/C=C/C=C(C)/C=C/C=C(C)C. The molecule has 0 nitrogen and oxygen atoms in total. The molecule has 66 valence electrons. The lowest BCUT2D eigenvalue weighted by molar-refractivity contribution is 1.39. The van der Waals surface area contributed by atoms with Crippen molar-refractivity contribution in [2.45, 2.75) is 27.7 Å². The lowest BCUT2D eigenvalue weighted by atomic mass is 10.2. The normalized spacial score (nSPS) is 12.8. The van der Waals surface area contributed by atoms with Gasteiger partial charge in [0.05, 0.1) is 0 Å². The predicted octanol–water partition coefficient (Wildman–Crippen LogP) is 4.03. The molecule has 0 amide bonds. The van der Waals surface area contributed by atoms with Gasteiger partial charge in [0.1, 0.15) is 0 Å². The summed E-state index contributed by atoms with van der Waals surface area (Å²) in [6.45, 7) is 8.30. The van der Waals surface area contributed by atoms with Gasteiger partial charge in [-0.05, 0) is 27.7 Å². The van der Waals surface area contributed by atoms with Crippen molar-refractivity contribution < 1.29 is 0 Å². The van der Waals surface area contributed by atoms with Crippen LogP contribution in [0.25, 0.3) is 0 Å². The Bertz CT molecular complexity index is 220. The van der Waals surface area contributed by atoms with E-state index in [2.05, 4.69) is 45.1 Å². The molecule has 0 rings (SSSR count). The van der Waals surface area contributed by atoms with Crippen molar-refractivity contribution in [3.63, 3.8) is 0 Å². The number of hydrogen-bond donors (Lipinski definition) is 0. The third kappa shape index (κ3) is 7.07. The Morgan fingerprint density at radius 3 is 2.08 bits per heavy atom. The highest BCUT2D eigenvalue weighted by molar-refractivity contribution is 5.24. The van der Waals surface area contributed by atoms with Crippen molar-refractivity contribution >= 4 is 0 Å². The summed E-state index contributed by atoms with van der Waals surface area (Å²) in [6.07, 6.45) is 12.4. The molecule has 0 unspecified atom stereocenters. The van der Waals surface area contributed by atoms with E-state index in [9.17, 15) is 0 Å². The molecule has 0 aliphatic heterocycles. The highest BCUT2D eigenvalue weighted by Crippen LogP contribution is 1.97. The maximum absolute atomic E-state index is 2.10. The quantitative estimate of drug-likeness (QED) is 0.549. The maximum Gasteiger partial charge on any atom is -0.0398 e. The molecule has 0 heteroatoms. The third-order valence-corrected chi connectivity index (χ3v) is 1.34. The van der Waals surface area contributed by atoms with E-state index in [-0.39, 0.29) is 0 Å². The zero-order valence-electron chi connectivity index (χ0n) is 8.46. The first-order valence-electron chi connectivity index (χ1n) is 4.28. The molecule has 0 saturated heterocycles. The largest absolute Gasteiger partial charge is 0.0877 e. The van der Waals surface area contributed by atoms with Crippen LogP contribution in [0.4, 0.5) is 0 Å². The standard InChI is InChI=1S/C12H18/c1-5-6-9-12(4)10-7-8-11(2)3/h5-10H,1-4H3/b6-5+,10-7+,12-9+. The first kappa shape index (κ1) is 11.0. The van der Waals surface area contributed by atoms with Gasteiger partial charge in [-0.3, -0.25) is 0 Å². The van der Waals surface area contributed by atoms with Gasteiger partial charge in [0.2, 0.25) is 0 Å². The lowest BCUT2D eigenvalue weighted by Crippen LogP contribution is -1.65. The van der Waals surface area contributed by atoms with E-state index in [1.165, 1.54) is 11.1 Å². The van der Waals surface area contributed by atoms with E-state index in [1.807, 2.05) is 19.1 Å². The van der Waals surface area contributed by atoms with Crippen molar-refractivity contribution in [2.75, 3.05) is 0 Å². The second kappa shape index (κ2) is 6.66. The fourth-order valence-electron chi connectivity index (χ4n) is 0.696. The monoisotopic (exact) mass is 162 g/mol. The van der Waals surface area contributed by atoms with Crippen molar-refractivity contribution in [2.24, 2.45) is 0 Å². The zero-order valence-corrected chi connectivity index (χ0v) is 8.46. The Balaban J connectivity index is 4.08. The third-order valence-electron chi connectivity index (χ3n) is 1.34. The molecule has 0 fully saturated rings. The summed E-state index contributed by atoms with van der Waals surface area (Å²) in [5.41, 5.74) is 2.59. The first-order valence-corrected chi connectivity index (χ1v) is 4.28. The highest BCUT2D eigenvalue weighted by Gasteiger charge is 1.76. The number of hydrogen-bond acceptors (Lipinski definition) is 0. The predicted molar refractivity (Wildman–Crippen MR) is 57.1 cm³/mol. The van der Waals surface area contributed by atoms with Crippen LogP contribution < -0.4 is 0 Å². The van der Waals surface area contributed by atoms with E-state index in [0.717, 1.165) is 0 Å². The molecule has 0 saturated carbocycles. The van der Waals surface area contributed by atoms with E-state index in [4.69, 9.17) is 0 Å². The van der Waals surface area contributed by atoms with Crippen LogP contribution in [0.3, 0.4) is 0 Å². The van der Waals surface area contributed by atoms with Gasteiger partial charge in [-0.1, -0.05) is 47.6 Å². The van der Waals surface area contributed by atoms with Crippen LogP contribution in [0.15, 0.2) is 47.6 Å². The fourth-order valence-corrected chi connectivity index (χ4v) is 0.696. The zero-order chi connectivity index (χ0) is 9.40. The first-order chi connectivity index (χ1) is 5.66. The molecule has 0 radical (unpaired) electrons. The van der Waals surface area contributed by atoms with Crippen LogP contribution in [-0.2, 0) is 0 Å². The average Bonchev–Trinajstić information content (AvgIpc) is 2.00. The van der Waals surface area contributed by atoms with Crippen LogP contribution in [-0.4, -0.2) is 0 Å². The summed E-state index contributed by atoms with van der Waals surface area (Å²) in [5, 5.41) is 0. The molecule has 0 N–H and O–H groups in total. The van der Waals surface area contributed by atoms with Crippen molar-refractivity contribution in [3.05, 3.63) is 47.6 Å². The molecular weight excluding hydrogens is 144 g/mol. The molecular formula is C12H18. The second-order valence-electron chi connectivity index (χ2n) is 3.04. The summed E-state index contributed by atoms with van der Waals surface area (Å²) >= 11 is 0. The van der Waals surface area contributed by atoms with Crippen LogP contribution in [0.1, 0.15) is 27.7 Å². The Labute approximate surface area is 76.0 Å². The molecule has 0 aromatic carbocycles. The second-order valence-corrected chi connectivity index (χ2v) is 3.04. The van der Waals surface area contributed by atoms with Crippen LogP contribution >= 0.6 is 0 Å². The maximum atomic E-state index is 2.10. The molecule has 0 aliphatic rings. The van der Waals surface area contributed by atoms with Crippen molar-refractivity contribution in [3.8, 4) is 0 Å². The van der Waals surface area contributed by atoms with Gasteiger partial charge in [0.25, 0.3) is 0 Å². The van der Waals surface area contributed by atoms with Crippen LogP contribution in [0.5, 0.6) is 0 Å². The summed E-state index contributed by atoms with van der Waals surface area (Å²) < 4.78 is 0. The van der Waals surface area contributed by atoms with Crippen LogP contribution in [0, 0.1) is 0 Å². The highest BCUT2D eigenvalue weighted by atomic mass is 13.8. The van der Waals surface area contributed by atoms with Gasteiger partial charge >= 0.3 is 0 Å².